The van der Waals surface area contributed by atoms with Crippen LogP contribution in [0.15, 0.2) is 34.9 Å². The Hall–Kier alpha value is -2.34. The lowest BCUT2D eigenvalue weighted by molar-refractivity contribution is -0.123. The second kappa shape index (κ2) is 6.62. The van der Waals surface area contributed by atoms with E-state index in [4.69, 9.17) is 20.8 Å². The van der Waals surface area contributed by atoms with Crippen molar-refractivity contribution in [3.63, 3.8) is 0 Å². The Balaban J connectivity index is 2.00. The zero-order chi connectivity index (χ0) is 16.3. The van der Waals surface area contributed by atoms with Crippen molar-refractivity contribution in [2.45, 2.75) is 20.0 Å². The van der Waals surface area contributed by atoms with Crippen molar-refractivity contribution in [3.05, 3.63) is 52.7 Å². The molecule has 0 aliphatic rings. The third-order valence-corrected chi connectivity index (χ3v) is 3.23. The average molecular weight is 326 g/mol. The van der Waals surface area contributed by atoms with Crippen molar-refractivity contribution >= 4 is 29.2 Å². The molecule has 0 fully saturated rings. The molecule has 0 saturated carbocycles. The number of rotatable bonds is 4. The minimum Gasteiger partial charge on any atom is -0.469 e. The molecule has 0 radical (unpaired) electrons. The maximum absolute atomic E-state index is 12.9. The molecule has 0 unspecified atom stereocenters. The monoisotopic (exact) mass is 325 g/mol. The summed E-state index contributed by atoms with van der Waals surface area (Å²) in [6.07, 6.45) is 0.303. The van der Waals surface area contributed by atoms with Crippen LogP contribution in [0, 0.1) is 12.7 Å². The van der Waals surface area contributed by atoms with Gasteiger partial charge in [0.1, 0.15) is 17.1 Å². The van der Waals surface area contributed by atoms with Crippen molar-refractivity contribution in [2.75, 3.05) is 5.32 Å². The molecule has 0 saturated heterocycles. The number of anilines is 1. The number of carbonyl (C=O) groups excluding carboxylic acids is 2. The van der Waals surface area contributed by atoms with E-state index in [2.05, 4.69) is 5.32 Å². The fraction of sp³-hybridized carbons (Fsp3) is 0.200. The minimum atomic E-state index is -1.05. The van der Waals surface area contributed by atoms with Gasteiger partial charge in [-0.1, -0.05) is 11.6 Å². The summed E-state index contributed by atoms with van der Waals surface area (Å²) in [5.74, 6) is -1.36. The highest BCUT2D eigenvalue weighted by molar-refractivity contribution is 6.33. The second-order valence-electron chi connectivity index (χ2n) is 4.55. The third-order valence-electron chi connectivity index (χ3n) is 2.92. The van der Waals surface area contributed by atoms with Crippen molar-refractivity contribution in [2.24, 2.45) is 0 Å². The molecule has 0 spiro atoms. The Bertz CT molecular complexity index is 713. The Morgan fingerprint density at radius 1 is 1.36 bits per heavy atom. The first-order valence-electron chi connectivity index (χ1n) is 6.39. The molecular formula is C15H13ClFNO4. The summed E-state index contributed by atoms with van der Waals surface area (Å²) >= 11 is 5.81. The molecule has 1 N–H and O–H groups in total. The van der Waals surface area contributed by atoms with E-state index in [9.17, 15) is 14.0 Å². The van der Waals surface area contributed by atoms with Crippen LogP contribution in [0.1, 0.15) is 23.0 Å². The highest BCUT2D eigenvalue weighted by atomic mass is 35.5. The molecule has 2 rings (SSSR count). The van der Waals surface area contributed by atoms with E-state index in [0.717, 1.165) is 12.1 Å². The van der Waals surface area contributed by atoms with Gasteiger partial charge in [0, 0.05) is 0 Å². The first-order valence-corrected chi connectivity index (χ1v) is 6.77. The van der Waals surface area contributed by atoms with E-state index in [-0.39, 0.29) is 16.3 Å². The van der Waals surface area contributed by atoms with Crippen molar-refractivity contribution in [1.29, 1.82) is 0 Å². The van der Waals surface area contributed by atoms with Crippen LogP contribution in [-0.2, 0) is 9.53 Å². The summed E-state index contributed by atoms with van der Waals surface area (Å²) < 4.78 is 23.0. The van der Waals surface area contributed by atoms with Gasteiger partial charge in [-0.3, -0.25) is 4.79 Å². The zero-order valence-electron chi connectivity index (χ0n) is 11.9. The van der Waals surface area contributed by atoms with E-state index in [0.29, 0.717) is 5.76 Å². The van der Waals surface area contributed by atoms with Crippen LogP contribution < -0.4 is 5.32 Å². The quantitative estimate of drug-likeness (QED) is 0.873. The van der Waals surface area contributed by atoms with Crippen LogP contribution in [0.3, 0.4) is 0 Å². The number of amides is 1. The number of ether oxygens (including phenoxy) is 1. The van der Waals surface area contributed by atoms with Gasteiger partial charge in [-0.2, -0.15) is 0 Å². The Morgan fingerprint density at radius 3 is 2.68 bits per heavy atom. The molecule has 0 aliphatic carbocycles. The van der Waals surface area contributed by atoms with E-state index < -0.39 is 23.8 Å². The maximum atomic E-state index is 12.9. The lowest BCUT2D eigenvalue weighted by Gasteiger charge is -2.14. The van der Waals surface area contributed by atoms with Crippen molar-refractivity contribution in [3.8, 4) is 0 Å². The van der Waals surface area contributed by atoms with Gasteiger partial charge < -0.3 is 14.5 Å². The average Bonchev–Trinajstić information content (AvgIpc) is 2.88. The standard InChI is InChI=1S/C15H13ClFNO4/c1-8-11(5-6-21-8)15(20)22-9(2)14(19)18-13-4-3-10(17)7-12(13)16/h3-7,9H,1-2H3,(H,18,19)/t9-/m1/s1. The van der Waals surface area contributed by atoms with Gasteiger partial charge >= 0.3 is 5.97 Å². The number of benzene rings is 1. The highest BCUT2D eigenvalue weighted by Gasteiger charge is 2.21. The molecule has 5 nitrogen and oxygen atoms in total. The second-order valence-corrected chi connectivity index (χ2v) is 4.96. The van der Waals surface area contributed by atoms with Crippen molar-refractivity contribution in [1.82, 2.24) is 0 Å². The number of carbonyl (C=O) groups is 2. The number of esters is 1. The molecule has 0 aliphatic heterocycles. The van der Waals surface area contributed by atoms with Crippen LogP contribution in [0.2, 0.25) is 5.02 Å². The summed E-state index contributed by atoms with van der Waals surface area (Å²) in [5, 5.41) is 2.52. The van der Waals surface area contributed by atoms with Gasteiger partial charge in [0.05, 0.1) is 17.0 Å². The summed E-state index contributed by atoms with van der Waals surface area (Å²) in [4.78, 5) is 23.8. The lowest BCUT2D eigenvalue weighted by Crippen LogP contribution is -2.30. The first-order chi connectivity index (χ1) is 10.4. The maximum Gasteiger partial charge on any atom is 0.342 e. The van der Waals surface area contributed by atoms with Gasteiger partial charge in [-0.05, 0) is 38.1 Å². The van der Waals surface area contributed by atoms with Crippen LogP contribution in [0.4, 0.5) is 10.1 Å². The molecule has 0 bridgehead atoms. The van der Waals surface area contributed by atoms with E-state index >= 15 is 0 Å². The first kappa shape index (κ1) is 16.0. The summed E-state index contributed by atoms with van der Waals surface area (Å²) in [6.45, 7) is 3.03. The zero-order valence-corrected chi connectivity index (χ0v) is 12.6. The van der Waals surface area contributed by atoms with Gasteiger partial charge in [-0.15, -0.1) is 0 Å². The minimum absolute atomic E-state index is 0.0533. The number of hydrogen-bond acceptors (Lipinski definition) is 4. The largest absolute Gasteiger partial charge is 0.469 e. The summed E-state index contributed by atoms with van der Waals surface area (Å²) in [5.41, 5.74) is 0.481. The fourth-order valence-corrected chi connectivity index (χ4v) is 1.91. The number of nitrogens with one attached hydrogen (secondary N) is 1. The molecule has 7 heteroatoms. The molecule has 116 valence electrons. The predicted octanol–water partition coefficient (Wildman–Crippen LogP) is 3.56. The Kier molecular flexibility index (Phi) is 4.82. The predicted molar refractivity (Wildman–Crippen MR) is 78.4 cm³/mol. The van der Waals surface area contributed by atoms with Crippen LogP contribution in [-0.4, -0.2) is 18.0 Å². The Morgan fingerprint density at radius 2 is 2.09 bits per heavy atom. The number of hydrogen-bond donors (Lipinski definition) is 1. The molecular weight excluding hydrogens is 313 g/mol. The van der Waals surface area contributed by atoms with Crippen LogP contribution in [0.5, 0.6) is 0 Å². The smallest absolute Gasteiger partial charge is 0.342 e. The molecule has 1 atom stereocenters. The Labute approximate surface area is 131 Å². The molecule has 1 amide bonds. The molecule has 2 aromatic rings. The number of aryl methyl sites for hydroxylation is 1. The van der Waals surface area contributed by atoms with Gasteiger partial charge in [0.15, 0.2) is 6.10 Å². The van der Waals surface area contributed by atoms with E-state index in [1.54, 1.807) is 6.92 Å². The number of furan rings is 1. The van der Waals surface area contributed by atoms with Crippen LogP contribution in [0.25, 0.3) is 0 Å². The molecule has 1 heterocycles. The van der Waals surface area contributed by atoms with Crippen molar-refractivity contribution < 1.29 is 23.1 Å². The molecule has 1 aromatic heterocycles. The SMILES string of the molecule is Cc1occc1C(=O)O[C@H](C)C(=O)Nc1ccc(F)cc1Cl. The lowest BCUT2D eigenvalue weighted by atomic mass is 10.2. The number of halogens is 2. The summed E-state index contributed by atoms with van der Waals surface area (Å²) in [6, 6.07) is 5.01. The van der Waals surface area contributed by atoms with Gasteiger partial charge in [0.2, 0.25) is 0 Å². The molecule has 1 aromatic carbocycles. The van der Waals surface area contributed by atoms with Gasteiger partial charge in [0.25, 0.3) is 5.91 Å². The third kappa shape index (κ3) is 3.65. The summed E-state index contributed by atoms with van der Waals surface area (Å²) in [7, 11) is 0. The van der Waals surface area contributed by atoms with Gasteiger partial charge in [-0.25, -0.2) is 9.18 Å². The van der Waals surface area contributed by atoms with E-state index in [1.807, 2.05) is 0 Å². The highest BCUT2D eigenvalue weighted by Crippen LogP contribution is 2.22. The normalized spacial score (nSPS) is 11.8. The topological polar surface area (TPSA) is 68.5 Å². The van der Waals surface area contributed by atoms with Crippen LogP contribution >= 0.6 is 11.6 Å². The molecule has 22 heavy (non-hydrogen) atoms. The van der Waals surface area contributed by atoms with E-state index in [1.165, 1.54) is 25.3 Å². The fourth-order valence-electron chi connectivity index (χ4n) is 1.70.